The molecule has 0 aliphatic heterocycles. The minimum atomic E-state index is 0.142. The number of ether oxygens (including phenoxy) is 1. The average molecular weight is 248 g/mol. The highest BCUT2D eigenvalue weighted by atomic mass is 16.5. The molecule has 0 saturated heterocycles. The summed E-state index contributed by atoms with van der Waals surface area (Å²) in [5, 5.41) is 0. The normalized spacial score (nSPS) is 24.9. The van der Waals surface area contributed by atoms with E-state index in [4.69, 9.17) is 10.5 Å². The lowest BCUT2D eigenvalue weighted by Gasteiger charge is -2.26. The summed E-state index contributed by atoms with van der Waals surface area (Å²) in [5.41, 5.74) is 7.27. The Kier molecular flexibility index (Phi) is 3.91. The van der Waals surface area contributed by atoms with Crippen LogP contribution in [0.15, 0.2) is 18.3 Å². The van der Waals surface area contributed by atoms with Crippen LogP contribution in [0, 0.1) is 0 Å². The summed E-state index contributed by atoms with van der Waals surface area (Å²) in [7, 11) is 0. The predicted octanol–water partition coefficient (Wildman–Crippen LogP) is 3.03. The molecule has 1 aliphatic carbocycles. The lowest BCUT2D eigenvalue weighted by molar-refractivity contribution is 0.141. The topological polar surface area (TPSA) is 48.1 Å². The fourth-order valence-electron chi connectivity index (χ4n) is 2.27. The van der Waals surface area contributed by atoms with Gasteiger partial charge in [0.1, 0.15) is 6.10 Å². The molecule has 3 nitrogen and oxygen atoms in total. The molecule has 1 aliphatic rings. The molecular formula is C15H24N2O. The maximum atomic E-state index is 5.90. The van der Waals surface area contributed by atoms with E-state index in [1.807, 2.05) is 12.3 Å². The van der Waals surface area contributed by atoms with Crippen molar-refractivity contribution >= 4 is 0 Å². The minimum Gasteiger partial charge on any atom is -0.474 e. The zero-order valence-electron chi connectivity index (χ0n) is 11.6. The van der Waals surface area contributed by atoms with E-state index in [0.717, 1.165) is 31.6 Å². The lowest BCUT2D eigenvalue weighted by atomic mass is 9.88. The number of hydrogen-bond donors (Lipinski definition) is 1. The van der Waals surface area contributed by atoms with E-state index in [1.165, 1.54) is 5.56 Å². The van der Waals surface area contributed by atoms with Crippen molar-refractivity contribution in [3.05, 3.63) is 23.9 Å². The van der Waals surface area contributed by atoms with Gasteiger partial charge in [-0.2, -0.15) is 0 Å². The molecule has 0 radical (unpaired) electrons. The van der Waals surface area contributed by atoms with Gasteiger partial charge in [-0.1, -0.05) is 26.8 Å². The minimum absolute atomic E-state index is 0.142. The highest BCUT2D eigenvalue weighted by molar-refractivity contribution is 5.23. The zero-order valence-corrected chi connectivity index (χ0v) is 11.6. The van der Waals surface area contributed by atoms with Crippen LogP contribution in [0.2, 0.25) is 0 Å². The molecule has 0 unspecified atom stereocenters. The molecule has 18 heavy (non-hydrogen) atoms. The molecule has 2 rings (SSSR count). The van der Waals surface area contributed by atoms with Crippen LogP contribution in [0.4, 0.5) is 0 Å². The Balaban J connectivity index is 1.94. The number of aromatic nitrogens is 1. The molecule has 2 N–H and O–H groups in total. The molecule has 0 atom stereocenters. The molecule has 1 fully saturated rings. The molecular weight excluding hydrogens is 224 g/mol. The fraction of sp³-hybridized carbons (Fsp3) is 0.667. The van der Waals surface area contributed by atoms with Gasteiger partial charge in [0.05, 0.1) is 0 Å². The third-order valence-corrected chi connectivity index (χ3v) is 3.61. The van der Waals surface area contributed by atoms with Gasteiger partial charge in [0.25, 0.3) is 0 Å². The lowest BCUT2D eigenvalue weighted by Crippen LogP contribution is -2.31. The summed E-state index contributed by atoms with van der Waals surface area (Å²) >= 11 is 0. The van der Waals surface area contributed by atoms with Crippen LogP contribution in [0.1, 0.15) is 52.0 Å². The van der Waals surface area contributed by atoms with E-state index in [9.17, 15) is 0 Å². The molecule has 1 aromatic rings. The van der Waals surface area contributed by atoms with Crippen molar-refractivity contribution in [2.45, 2.75) is 64.0 Å². The van der Waals surface area contributed by atoms with Gasteiger partial charge in [-0.3, -0.25) is 0 Å². The highest BCUT2D eigenvalue weighted by Crippen LogP contribution is 2.25. The second-order valence-corrected chi connectivity index (χ2v) is 6.29. The molecule has 1 aromatic heterocycles. The zero-order chi connectivity index (χ0) is 13.2. The summed E-state index contributed by atoms with van der Waals surface area (Å²) in [4.78, 5) is 4.40. The Bertz CT molecular complexity index is 372. The van der Waals surface area contributed by atoms with E-state index in [1.54, 1.807) is 0 Å². The van der Waals surface area contributed by atoms with E-state index < -0.39 is 0 Å². The standard InChI is InChI=1S/C15H24N2O/c1-15(2,3)11-4-9-14(17-10-11)18-13-7-5-12(16)6-8-13/h4,9-10,12-13H,5-8,16H2,1-3H3. The van der Waals surface area contributed by atoms with Crippen LogP contribution in [0.3, 0.4) is 0 Å². The van der Waals surface area contributed by atoms with Gasteiger partial charge in [0, 0.05) is 18.3 Å². The molecule has 100 valence electrons. The first-order valence-electron chi connectivity index (χ1n) is 6.84. The Morgan fingerprint density at radius 1 is 1.17 bits per heavy atom. The van der Waals surface area contributed by atoms with Crippen LogP contribution in [0.5, 0.6) is 5.88 Å². The van der Waals surface area contributed by atoms with Gasteiger partial charge >= 0.3 is 0 Å². The predicted molar refractivity (Wildman–Crippen MR) is 73.8 cm³/mol. The van der Waals surface area contributed by atoms with Crippen molar-refractivity contribution in [2.75, 3.05) is 0 Å². The third-order valence-electron chi connectivity index (χ3n) is 3.61. The van der Waals surface area contributed by atoms with Gasteiger partial charge in [-0.15, -0.1) is 0 Å². The summed E-state index contributed by atoms with van der Waals surface area (Å²) in [6, 6.07) is 4.45. The Morgan fingerprint density at radius 2 is 1.83 bits per heavy atom. The number of hydrogen-bond acceptors (Lipinski definition) is 3. The number of rotatable bonds is 2. The van der Waals surface area contributed by atoms with Gasteiger partial charge in [0.15, 0.2) is 0 Å². The average Bonchev–Trinajstić information content (AvgIpc) is 2.32. The van der Waals surface area contributed by atoms with E-state index >= 15 is 0 Å². The van der Waals surface area contributed by atoms with Gasteiger partial charge < -0.3 is 10.5 Å². The molecule has 0 bridgehead atoms. The van der Waals surface area contributed by atoms with E-state index in [0.29, 0.717) is 6.04 Å². The van der Waals surface area contributed by atoms with E-state index in [2.05, 4.69) is 31.8 Å². The monoisotopic (exact) mass is 248 g/mol. The van der Waals surface area contributed by atoms with Crippen LogP contribution in [0.25, 0.3) is 0 Å². The van der Waals surface area contributed by atoms with Crippen molar-refractivity contribution in [1.29, 1.82) is 0 Å². The smallest absolute Gasteiger partial charge is 0.213 e. The molecule has 0 amide bonds. The second-order valence-electron chi connectivity index (χ2n) is 6.29. The largest absolute Gasteiger partial charge is 0.474 e. The Morgan fingerprint density at radius 3 is 2.33 bits per heavy atom. The van der Waals surface area contributed by atoms with Crippen LogP contribution >= 0.6 is 0 Å². The number of nitrogens with two attached hydrogens (primary N) is 1. The first-order valence-corrected chi connectivity index (χ1v) is 6.84. The van der Waals surface area contributed by atoms with Crippen LogP contribution < -0.4 is 10.5 Å². The van der Waals surface area contributed by atoms with Crippen LogP contribution in [-0.2, 0) is 5.41 Å². The molecule has 3 heteroatoms. The summed E-state index contributed by atoms with van der Waals surface area (Å²) in [6.07, 6.45) is 6.42. The van der Waals surface area contributed by atoms with Crippen LogP contribution in [-0.4, -0.2) is 17.1 Å². The SMILES string of the molecule is CC(C)(C)c1ccc(OC2CCC(N)CC2)nc1. The molecule has 1 saturated carbocycles. The second kappa shape index (κ2) is 5.27. The molecule has 0 aromatic carbocycles. The first kappa shape index (κ1) is 13.3. The fourth-order valence-corrected chi connectivity index (χ4v) is 2.27. The van der Waals surface area contributed by atoms with Crippen molar-refractivity contribution in [2.24, 2.45) is 5.73 Å². The highest BCUT2D eigenvalue weighted by Gasteiger charge is 2.20. The first-order chi connectivity index (χ1) is 8.45. The van der Waals surface area contributed by atoms with Crippen molar-refractivity contribution in [3.63, 3.8) is 0 Å². The van der Waals surface area contributed by atoms with E-state index in [-0.39, 0.29) is 11.5 Å². The Hall–Kier alpha value is -1.09. The number of pyridine rings is 1. The summed E-state index contributed by atoms with van der Waals surface area (Å²) in [6.45, 7) is 6.56. The molecule has 1 heterocycles. The van der Waals surface area contributed by atoms with Crippen molar-refractivity contribution < 1.29 is 4.74 Å². The Labute approximate surface area is 110 Å². The molecule has 0 spiro atoms. The summed E-state index contributed by atoms with van der Waals surface area (Å²) < 4.78 is 5.90. The van der Waals surface area contributed by atoms with Gasteiger partial charge in [0.2, 0.25) is 5.88 Å². The van der Waals surface area contributed by atoms with Gasteiger partial charge in [-0.05, 0) is 36.7 Å². The summed E-state index contributed by atoms with van der Waals surface area (Å²) in [5.74, 6) is 0.739. The van der Waals surface area contributed by atoms with Gasteiger partial charge in [-0.25, -0.2) is 4.98 Å². The third kappa shape index (κ3) is 3.45. The maximum Gasteiger partial charge on any atom is 0.213 e. The van der Waals surface area contributed by atoms with Crippen molar-refractivity contribution in [1.82, 2.24) is 4.98 Å². The number of nitrogens with zero attached hydrogens (tertiary/aromatic N) is 1. The van der Waals surface area contributed by atoms with Crippen molar-refractivity contribution in [3.8, 4) is 5.88 Å². The quantitative estimate of drug-likeness (QED) is 0.875. The maximum absolute atomic E-state index is 5.90.